The van der Waals surface area contributed by atoms with Crippen molar-refractivity contribution in [1.29, 1.82) is 0 Å². The fourth-order valence-corrected chi connectivity index (χ4v) is 10.7. The van der Waals surface area contributed by atoms with Gasteiger partial charge in [-0.05, 0) is 148 Å². The molecule has 5 unspecified atom stereocenters. The summed E-state index contributed by atoms with van der Waals surface area (Å²) in [5, 5.41) is 10.6. The van der Waals surface area contributed by atoms with E-state index in [-0.39, 0.29) is 25.7 Å². The van der Waals surface area contributed by atoms with Crippen molar-refractivity contribution in [2.75, 3.05) is 39.6 Å². The van der Waals surface area contributed by atoms with Crippen LogP contribution in [0.1, 0.15) is 272 Å². The number of hydrogen-bond donors (Lipinski definition) is 3. The van der Waals surface area contributed by atoms with Crippen LogP contribution in [0.25, 0.3) is 0 Å². The number of unbranched alkanes of at least 4 members (excludes halogenated alkanes) is 18. The summed E-state index contributed by atoms with van der Waals surface area (Å²) in [6.45, 7) is 4.40. The van der Waals surface area contributed by atoms with Gasteiger partial charge in [0.15, 0.2) is 12.2 Å². The summed E-state index contributed by atoms with van der Waals surface area (Å²) >= 11 is 0. The molecule has 0 heterocycles. The molecule has 558 valence electrons. The first-order valence-electron chi connectivity index (χ1n) is 37.1. The molecule has 98 heavy (non-hydrogen) atoms. The third kappa shape index (κ3) is 69.4. The molecule has 0 aromatic rings. The van der Waals surface area contributed by atoms with Gasteiger partial charge in [0.2, 0.25) is 0 Å². The van der Waals surface area contributed by atoms with Crippen molar-refractivity contribution >= 4 is 39.5 Å². The molecular weight excluding hydrogens is 1280 g/mol. The molecule has 3 N–H and O–H groups in total. The first-order chi connectivity index (χ1) is 47.7. The van der Waals surface area contributed by atoms with E-state index in [9.17, 15) is 43.2 Å². The van der Waals surface area contributed by atoms with Crippen LogP contribution >= 0.6 is 15.6 Å². The molecule has 0 aromatic carbocycles. The molecule has 0 amide bonds. The van der Waals surface area contributed by atoms with Gasteiger partial charge in [0.05, 0.1) is 26.4 Å². The summed E-state index contributed by atoms with van der Waals surface area (Å²) in [5.41, 5.74) is 0. The molecule has 0 spiro atoms. The molecule has 17 nitrogen and oxygen atoms in total. The number of phosphoric acid groups is 2. The van der Waals surface area contributed by atoms with Crippen LogP contribution in [-0.2, 0) is 65.4 Å². The lowest BCUT2D eigenvalue weighted by molar-refractivity contribution is -0.161. The standard InChI is InChI=1S/C79H130O17P2/c1-5-9-13-17-21-25-29-32-34-35-36-37-39-42-45-48-52-56-60-64-77(82)90-70-75(96-79(84)66-62-58-54-50-46-40-31-27-23-19-15-11-7-3)72-94-98(87,88)92-68-73(80)67-91-97(85,86)93-71-74(95-78(83)65-61-57-53-49-43-28-24-20-16-12-8-4)69-89-76(81)63-59-55-51-47-44-41-38-33-30-26-22-18-14-10-6-2/h9-10,13-14,20-22,24-27,31-34,36-38,42,44-45,47,52,56,73-75,80H,5-8,11-12,15-19,23,28-30,35,39-41,43,46,48-51,53-55,57-72H2,1-4H3,(H,85,86)(H,87,88)/b13-9-,14-10-,24-20-,25-21-,26-22-,31-27-,34-32-,37-36-,38-33-,45-42-,47-44-,56-52-. The van der Waals surface area contributed by atoms with Gasteiger partial charge < -0.3 is 33.8 Å². The van der Waals surface area contributed by atoms with E-state index in [0.717, 1.165) is 148 Å². The van der Waals surface area contributed by atoms with Gasteiger partial charge in [-0.15, -0.1) is 0 Å². The molecule has 0 rings (SSSR count). The number of rotatable bonds is 68. The van der Waals surface area contributed by atoms with Crippen LogP contribution in [0.2, 0.25) is 0 Å². The molecule has 0 bridgehead atoms. The molecule has 0 radical (unpaired) electrons. The predicted molar refractivity (Wildman–Crippen MR) is 399 cm³/mol. The Bertz CT molecular complexity index is 2430. The Morgan fingerprint density at radius 3 is 0.939 bits per heavy atom. The summed E-state index contributed by atoms with van der Waals surface area (Å²) in [6.07, 6.45) is 78.7. The Labute approximate surface area is 592 Å². The number of phosphoric ester groups is 2. The summed E-state index contributed by atoms with van der Waals surface area (Å²) < 4.78 is 68.2. The lowest BCUT2D eigenvalue weighted by Gasteiger charge is -2.21. The van der Waals surface area contributed by atoms with Crippen LogP contribution in [-0.4, -0.2) is 96.7 Å². The first-order valence-corrected chi connectivity index (χ1v) is 40.1. The molecule has 0 aliphatic rings. The van der Waals surface area contributed by atoms with Crippen molar-refractivity contribution in [3.8, 4) is 0 Å². The van der Waals surface area contributed by atoms with Gasteiger partial charge >= 0.3 is 39.5 Å². The molecule has 0 saturated heterocycles. The van der Waals surface area contributed by atoms with Crippen LogP contribution in [0.5, 0.6) is 0 Å². The highest BCUT2D eigenvalue weighted by Crippen LogP contribution is 2.45. The summed E-state index contributed by atoms with van der Waals surface area (Å²) in [6, 6.07) is 0. The highest BCUT2D eigenvalue weighted by molar-refractivity contribution is 7.47. The number of carbonyl (C=O) groups excluding carboxylic acids is 4. The second-order valence-corrected chi connectivity index (χ2v) is 27.0. The number of ether oxygens (including phenoxy) is 4. The van der Waals surface area contributed by atoms with Crippen molar-refractivity contribution in [2.24, 2.45) is 0 Å². The summed E-state index contributed by atoms with van der Waals surface area (Å²) in [5.74, 6) is -2.35. The van der Waals surface area contributed by atoms with E-state index < -0.39 is 97.5 Å². The Hall–Kier alpha value is -5.06. The Kier molecular flexibility index (Phi) is 66.7. The second kappa shape index (κ2) is 70.4. The van der Waals surface area contributed by atoms with Crippen LogP contribution in [0.15, 0.2) is 146 Å². The SMILES string of the molecule is CC/C=C\C/C=C\C/C=C\C/C=C\C/C=C\C/C=C\CCC(=O)OCC(COP(=O)(O)OCC(O)COP(=O)(O)OCC(COC(=O)CCCC/C=C\C/C=C\C/C=C\C/C=C\CC)OC(=O)CCCCCCC/C=C\CCCC)OC(=O)CCCCCCC/C=C\CCCCCC. The van der Waals surface area contributed by atoms with E-state index in [4.69, 9.17) is 37.0 Å². The highest BCUT2D eigenvalue weighted by Gasteiger charge is 2.30. The van der Waals surface area contributed by atoms with Crippen molar-refractivity contribution in [1.82, 2.24) is 0 Å². The van der Waals surface area contributed by atoms with Crippen molar-refractivity contribution in [2.45, 2.75) is 290 Å². The number of aliphatic hydroxyl groups is 1. The molecule has 0 aliphatic carbocycles. The third-order valence-corrected chi connectivity index (χ3v) is 16.7. The van der Waals surface area contributed by atoms with Gasteiger partial charge in [-0.25, -0.2) is 9.13 Å². The summed E-state index contributed by atoms with van der Waals surface area (Å²) in [4.78, 5) is 72.7. The fraction of sp³-hybridized carbons (Fsp3) is 0.646. The smallest absolute Gasteiger partial charge is 0.462 e. The van der Waals surface area contributed by atoms with Crippen molar-refractivity contribution in [3.63, 3.8) is 0 Å². The van der Waals surface area contributed by atoms with E-state index >= 15 is 0 Å². The Morgan fingerprint density at radius 1 is 0.296 bits per heavy atom. The van der Waals surface area contributed by atoms with E-state index in [0.29, 0.717) is 32.1 Å². The normalized spacial score (nSPS) is 14.8. The number of aliphatic hydroxyl groups excluding tert-OH is 1. The Morgan fingerprint density at radius 2 is 0.561 bits per heavy atom. The average molecular weight is 1410 g/mol. The Balaban J connectivity index is 5.43. The second-order valence-electron chi connectivity index (χ2n) is 24.1. The quantitative estimate of drug-likeness (QED) is 0.0169. The number of carbonyl (C=O) groups is 4. The van der Waals surface area contributed by atoms with Gasteiger partial charge in [-0.3, -0.25) is 37.3 Å². The predicted octanol–water partition coefficient (Wildman–Crippen LogP) is 21.1. The van der Waals surface area contributed by atoms with Crippen molar-refractivity contribution in [3.05, 3.63) is 146 Å². The first kappa shape index (κ1) is 92.9. The highest BCUT2D eigenvalue weighted by atomic mass is 31.2. The number of hydrogen-bond acceptors (Lipinski definition) is 15. The van der Waals surface area contributed by atoms with E-state index in [1.54, 1.807) is 0 Å². The maximum Gasteiger partial charge on any atom is 0.472 e. The fourth-order valence-electron chi connectivity index (χ4n) is 9.15. The maximum atomic E-state index is 13.1. The molecule has 0 fully saturated rings. The van der Waals surface area contributed by atoms with Gasteiger partial charge in [0.25, 0.3) is 0 Å². The molecule has 0 aromatic heterocycles. The lowest BCUT2D eigenvalue weighted by atomic mass is 10.1. The van der Waals surface area contributed by atoms with Crippen LogP contribution in [0, 0.1) is 0 Å². The van der Waals surface area contributed by atoms with Crippen LogP contribution in [0.4, 0.5) is 0 Å². The largest absolute Gasteiger partial charge is 0.472 e. The van der Waals surface area contributed by atoms with E-state index in [1.165, 1.54) is 38.5 Å². The zero-order valence-electron chi connectivity index (χ0n) is 60.7. The molecule has 5 atom stereocenters. The van der Waals surface area contributed by atoms with Gasteiger partial charge in [-0.2, -0.15) is 0 Å². The van der Waals surface area contributed by atoms with Gasteiger partial charge in [0, 0.05) is 25.7 Å². The zero-order valence-corrected chi connectivity index (χ0v) is 62.4. The minimum atomic E-state index is -5.00. The lowest BCUT2D eigenvalue weighted by Crippen LogP contribution is -2.30. The number of esters is 4. The minimum Gasteiger partial charge on any atom is -0.462 e. The number of allylic oxidation sites excluding steroid dienone is 24. The topological polar surface area (TPSA) is 237 Å². The zero-order chi connectivity index (χ0) is 71.8. The van der Waals surface area contributed by atoms with Gasteiger partial charge in [0.1, 0.15) is 19.3 Å². The molecule has 0 aliphatic heterocycles. The third-order valence-electron chi connectivity index (χ3n) is 14.8. The summed E-state index contributed by atoms with van der Waals surface area (Å²) in [7, 11) is -9.99. The van der Waals surface area contributed by atoms with Crippen LogP contribution < -0.4 is 0 Å². The minimum absolute atomic E-state index is 0.0302. The molecule has 0 saturated carbocycles. The van der Waals surface area contributed by atoms with Crippen molar-refractivity contribution < 1.29 is 80.2 Å². The van der Waals surface area contributed by atoms with Gasteiger partial charge in [-0.1, -0.05) is 244 Å². The van der Waals surface area contributed by atoms with E-state index in [1.807, 2.05) is 18.2 Å². The monoisotopic (exact) mass is 1410 g/mol. The average Bonchev–Trinajstić information content (AvgIpc) is 0.972. The van der Waals surface area contributed by atoms with E-state index in [2.05, 4.69) is 155 Å². The van der Waals surface area contributed by atoms with Crippen LogP contribution in [0.3, 0.4) is 0 Å². The maximum absolute atomic E-state index is 13.1. The molecule has 19 heteroatoms. The molecular formula is C79H130O17P2.